The number of benzene rings is 2. The van der Waals surface area contributed by atoms with Crippen LogP contribution in [0.5, 0.6) is 0 Å². The minimum atomic E-state index is 0.213. The van der Waals surface area contributed by atoms with Gasteiger partial charge >= 0.3 is 0 Å². The maximum atomic E-state index is 3.42. The summed E-state index contributed by atoms with van der Waals surface area (Å²) in [4.78, 5) is 2.33. The molecule has 0 aliphatic carbocycles. The first-order valence-corrected chi connectivity index (χ1v) is 6.69. The van der Waals surface area contributed by atoms with E-state index in [-0.39, 0.29) is 6.04 Å². The lowest BCUT2D eigenvalue weighted by molar-refractivity contribution is 0.279. The molecule has 0 aromatic heterocycles. The van der Waals surface area contributed by atoms with Crippen LogP contribution in [0, 0.1) is 11.8 Å². The Hall–Kier alpha value is -2.04. The molecule has 0 radical (unpaired) electrons. The first-order chi connectivity index (χ1) is 9.34. The van der Waals surface area contributed by atoms with Crippen molar-refractivity contribution in [2.45, 2.75) is 12.5 Å². The van der Waals surface area contributed by atoms with E-state index in [0.29, 0.717) is 0 Å². The quantitative estimate of drug-likeness (QED) is 0.646. The number of fused-ring (bicyclic) bond motifs is 1. The molecule has 1 aliphatic heterocycles. The molecule has 2 aromatic rings. The Bertz CT molecular complexity index is 619. The molecule has 0 bridgehead atoms. The number of nitrogens with zero attached hydrogens (tertiary/aromatic N) is 1. The van der Waals surface area contributed by atoms with Gasteiger partial charge in [0.05, 0.1) is 6.04 Å². The Morgan fingerprint density at radius 1 is 1.00 bits per heavy atom. The van der Waals surface area contributed by atoms with Crippen LogP contribution < -0.4 is 0 Å². The van der Waals surface area contributed by atoms with Crippen LogP contribution in [0.15, 0.2) is 54.6 Å². The molecular weight excluding hydrogens is 230 g/mol. The largest absolute Gasteiger partial charge is 0.289 e. The van der Waals surface area contributed by atoms with Crippen molar-refractivity contribution in [1.82, 2.24) is 4.90 Å². The van der Waals surface area contributed by atoms with E-state index in [1.807, 2.05) is 18.2 Å². The van der Waals surface area contributed by atoms with E-state index < -0.39 is 0 Å². The minimum Gasteiger partial charge on any atom is -0.289 e. The zero-order chi connectivity index (χ0) is 13.1. The van der Waals surface area contributed by atoms with Gasteiger partial charge in [-0.2, -0.15) is 0 Å². The Labute approximate surface area is 114 Å². The summed E-state index contributed by atoms with van der Waals surface area (Å²) in [7, 11) is 2.15. The van der Waals surface area contributed by atoms with Gasteiger partial charge in [-0.1, -0.05) is 54.3 Å². The van der Waals surface area contributed by atoms with Gasteiger partial charge in [-0.3, -0.25) is 4.90 Å². The SMILES string of the molecule is CN1CCc2ccccc2C1C#Cc1ccccc1. The smallest absolute Gasteiger partial charge is 0.0974 e. The highest BCUT2D eigenvalue weighted by molar-refractivity contribution is 5.41. The van der Waals surface area contributed by atoms with Crippen molar-refractivity contribution >= 4 is 0 Å². The fourth-order valence-corrected chi connectivity index (χ4v) is 2.55. The zero-order valence-corrected chi connectivity index (χ0v) is 11.1. The monoisotopic (exact) mass is 247 g/mol. The van der Waals surface area contributed by atoms with E-state index in [1.165, 1.54) is 11.1 Å². The maximum Gasteiger partial charge on any atom is 0.0974 e. The molecule has 1 aliphatic rings. The summed E-state index contributed by atoms with van der Waals surface area (Å²) in [5.74, 6) is 6.71. The van der Waals surface area contributed by atoms with E-state index >= 15 is 0 Å². The highest BCUT2D eigenvalue weighted by atomic mass is 15.1. The van der Waals surface area contributed by atoms with Crippen LogP contribution in [0.25, 0.3) is 0 Å². The molecule has 0 spiro atoms. The van der Waals surface area contributed by atoms with Crippen molar-refractivity contribution in [1.29, 1.82) is 0 Å². The topological polar surface area (TPSA) is 3.24 Å². The fourth-order valence-electron chi connectivity index (χ4n) is 2.55. The molecule has 1 heteroatoms. The normalized spacial score (nSPS) is 18.3. The van der Waals surface area contributed by atoms with Gasteiger partial charge in [0.25, 0.3) is 0 Å². The van der Waals surface area contributed by atoms with Crippen molar-refractivity contribution < 1.29 is 0 Å². The molecule has 0 saturated carbocycles. The van der Waals surface area contributed by atoms with Crippen molar-refractivity contribution in [3.8, 4) is 11.8 Å². The van der Waals surface area contributed by atoms with Crippen LogP contribution in [-0.2, 0) is 6.42 Å². The third-order valence-corrected chi connectivity index (χ3v) is 3.65. The lowest BCUT2D eigenvalue weighted by Gasteiger charge is -2.31. The van der Waals surface area contributed by atoms with Crippen LogP contribution in [0.1, 0.15) is 22.7 Å². The summed E-state index contributed by atoms with van der Waals surface area (Å²) in [6.07, 6.45) is 1.12. The number of likely N-dealkylation sites (N-methyl/N-ethyl adjacent to an activating group) is 1. The summed E-state index contributed by atoms with van der Waals surface area (Å²) in [6.45, 7) is 1.07. The number of rotatable bonds is 0. The van der Waals surface area contributed by atoms with Crippen LogP contribution in [0.2, 0.25) is 0 Å². The van der Waals surface area contributed by atoms with Gasteiger partial charge in [0, 0.05) is 12.1 Å². The second kappa shape index (κ2) is 5.30. The highest BCUT2D eigenvalue weighted by Gasteiger charge is 2.22. The van der Waals surface area contributed by atoms with E-state index in [0.717, 1.165) is 18.5 Å². The Kier molecular flexibility index (Phi) is 3.35. The fraction of sp³-hybridized carbons (Fsp3) is 0.222. The molecule has 0 amide bonds. The van der Waals surface area contributed by atoms with Gasteiger partial charge < -0.3 is 0 Å². The third kappa shape index (κ3) is 2.54. The lowest BCUT2D eigenvalue weighted by atomic mass is 9.93. The van der Waals surface area contributed by atoms with Gasteiger partial charge in [-0.15, -0.1) is 0 Å². The molecule has 1 nitrogen and oxygen atoms in total. The molecule has 0 N–H and O–H groups in total. The molecule has 19 heavy (non-hydrogen) atoms. The summed E-state index contributed by atoms with van der Waals surface area (Å²) >= 11 is 0. The third-order valence-electron chi connectivity index (χ3n) is 3.65. The van der Waals surface area contributed by atoms with Gasteiger partial charge in [-0.25, -0.2) is 0 Å². The first kappa shape index (κ1) is 12.0. The predicted molar refractivity (Wildman–Crippen MR) is 78.8 cm³/mol. The summed E-state index contributed by atoms with van der Waals surface area (Å²) < 4.78 is 0. The molecular formula is C18H17N. The summed E-state index contributed by atoms with van der Waals surface area (Å²) in [6, 6.07) is 19.1. The Morgan fingerprint density at radius 3 is 2.58 bits per heavy atom. The maximum absolute atomic E-state index is 3.42. The molecule has 0 fully saturated rings. The van der Waals surface area contributed by atoms with Crippen molar-refractivity contribution in [2.75, 3.05) is 13.6 Å². The molecule has 94 valence electrons. The molecule has 1 atom stereocenters. The second-order valence-electron chi connectivity index (χ2n) is 4.97. The van der Waals surface area contributed by atoms with Crippen molar-refractivity contribution in [3.05, 3.63) is 71.3 Å². The van der Waals surface area contributed by atoms with Crippen LogP contribution >= 0.6 is 0 Å². The van der Waals surface area contributed by atoms with Crippen molar-refractivity contribution in [2.24, 2.45) is 0 Å². The van der Waals surface area contributed by atoms with E-state index in [9.17, 15) is 0 Å². The van der Waals surface area contributed by atoms with E-state index in [2.05, 4.69) is 60.2 Å². The zero-order valence-electron chi connectivity index (χ0n) is 11.1. The molecule has 2 aromatic carbocycles. The average Bonchev–Trinajstić information content (AvgIpc) is 2.47. The molecule has 0 saturated heterocycles. The summed E-state index contributed by atoms with van der Waals surface area (Å²) in [5.41, 5.74) is 3.88. The van der Waals surface area contributed by atoms with Gasteiger partial charge in [-0.05, 0) is 36.7 Å². The first-order valence-electron chi connectivity index (χ1n) is 6.69. The predicted octanol–water partition coefficient (Wildman–Crippen LogP) is 3.27. The van der Waals surface area contributed by atoms with Crippen LogP contribution in [0.3, 0.4) is 0 Å². The van der Waals surface area contributed by atoms with E-state index in [1.54, 1.807) is 0 Å². The lowest BCUT2D eigenvalue weighted by Crippen LogP contribution is -2.31. The average molecular weight is 247 g/mol. The van der Waals surface area contributed by atoms with Crippen molar-refractivity contribution in [3.63, 3.8) is 0 Å². The molecule has 1 heterocycles. The second-order valence-corrected chi connectivity index (χ2v) is 4.97. The Balaban J connectivity index is 1.95. The van der Waals surface area contributed by atoms with Gasteiger partial charge in [0.2, 0.25) is 0 Å². The molecule has 1 unspecified atom stereocenters. The Morgan fingerprint density at radius 2 is 1.74 bits per heavy atom. The van der Waals surface area contributed by atoms with Gasteiger partial charge in [0.15, 0.2) is 0 Å². The molecule has 3 rings (SSSR count). The minimum absolute atomic E-state index is 0.213. The van der Waals surface area contributed by atoms with Crippen LogP contribution in [0.4, 0.5) is 0 Å². The van der Waals surface area contributed by atoms with E-state index in [4.69, 9.17) is 0 Å². The summed E-state index contributed by atoms with van der Waals surface area (Å²) in [5, 5.41) is 0. The standard InChI is InChI=1S/C18H17N/c1-19-14-13-16-9-5-6-10-17(16)18(19)12-11-15-7-3-2-4-8-15/h2-10,18H,13-14H2,1H3. The number of hydrogen-bond acceptors (Lipinski definition) is 1. The van der Waals surface area contributed by atoms with Crippen LogP contribution in [-0.4, -0.2) is 18.5 Å². The number of hydrogen-bond donors (Lipinski definition) is 0. The van der Waals surface area contributed by atoms with Gasteiger partial charge in [0.1, 0.15) is 0 Å². The highest BCUT2D eigenvalue weighted by Crippen LogP contribution is 2.27.